The van der Waals surface area contributed by atoms with Gasteiger partial charge in [0.05, 0.1) is 12.6 Å². The highest BCUT2D eigenvalue weighted by Crippen LogP contribution is 2.29. The number of rotatable bonds is 6. The van der Waals surface area contributed by atoms with Crippen molar-refractivity contribution in [1.29, 1.82) is 0 Å². The molecule has 0 bridgehead atoms. The van der Waals surface area contributed by atoms with Crippen LogP contribution in [0, 0.1) is 5.92 Å². The maximum Gasteiger partial charge on any atom is 0.286 e. The fourth-order valence-corrected chi connectivity index (χ4v) is 2.71. The summed E-state index contributed by atoms with van der Waals surface area (Å²) in [6.07, 6.45) is 5.09. The number of amides is 2. The van der Waals surface area contributed by atoms with Crippen LogP contribution < -0.4 is 10.6 Å². The number of aliphatic hydroxyl groups is 2. The van der Waals surface area contributed by atoms with Crippen LogP contribution in [0.5, 0.6) is 0 Å². The molecule has 0 saturated heterocycles. The molecule has 6 heteroatoms. The highest BCUT2D eigenvalue weighted by atomic mass is 16.3. The van der Waals surface area contributed by atoms with Crippen LogP contribution in [-0.2, 0) is 9.59 Å². The number of hydrogen-bond donors (Lipinski definition) is 4. The highest BCUT2D eigenvalue weighted by Gasteiger charge is 2.42. The first-order valence-corrected chi connectivity index (χ1v) is 7.96. The average molecular weight is 312 g/mol. The Morgan fingerprint density at radius 1 is 1.23 bits per heavy atom. The van der Waals surface area contributed by atoms with Crippen LogP contribution in [0.4, 0.5) is 0 Å². The molecule has 0 heterocycles. The lowest BCUT2D eigenvalue weighted by Gasteiger charge is -2.38. The van der Waals surface area contributed by atoms with Crippen molar-refractivity contribution in [2.75, 3.05) is 6.61 Å². The van der Waals surface area contributed by atoms with E-state index in [0.29, 0.717) is 12.8 Å². The third kappa shape index (κ3) is 4.47. The summed E-state index contributed by atoms with van der Waals surface area (Å²) in [6, 6.07) is -0.349. The molecule has 2 amide bonds. The molecule has 1 aliphatic rings. The molecular weight excluding hydrogens is 284 g/mol. The predicted molar refractivity (Wildman–Crippen MR) is 84.2 cm³/mol. The first kappa shape index (κ1) is 18.5. The summed E-state index contributed by atoms with van der Waals surface area (Å²) in [6.45, 7) is 5.24. The van der Waals surface area contributed by atoms with Gasteiger partial charge in [0.2, 0.25) is 5.91 Å². The van der Waals surface area contributed by atoms with Crippen molar-refractivity contribution < 1.29 is 19.8 Å². The molecular formula is C16H28N2O4. The van der Waals surface area contributed by atoms with Crippen LogP contribution in [0.1, 0.15) is 52.9 Å². The van der Waals surface area contributed by atoms with Gasteiger partial charge in [-0.1, -0.05) is 33.1 Å². The van der Waals surface area contributed by atoms with E-state index in [2.05, 4.69) is 10.6 Å². The summed E-state index contributed by atoms with van der Waals surface area (Å²) in [5.41, 5.74) is -1.01. The summed E-state index contributed by atoms with van der Waals surface area (Å²) in [5, 5.41) is 24.5. The van der Waals surface area contributed by atoms with Gasteiger partial charge in [0.1, 0.15) is 5.54 Å². The number of carbonyl (C=O) groups excluding carboxylic acids is 2. The lowest BCUT2D eigenvalue weighted by atomic mass is 9.80. The topological polar surface area (TPSA) is 98.7 Å². The van der Waals surface area contributed by atoms with Crippen molar-refractivity contribution in [3.63, 3.8) is 0 Å². The SMILES string of the molecule is C/C=C(\O)C(=O)NC1(C(=O)N[C@H](CO)C(C)C)CCCCC1. The van der Waals surface area contributed by atoms with Crippen molar-refractivity contribution in [2.45, 2.75) is 64.5 Å². The van der Waals surface area contributed by atoms with Crippen LogP contribution in [0.15, 0.2) is 11.8 Å². The lowest BCUT2D eigenvalue weighted by Crippen LogP contribution is -2.62. The van der Waals surface area contributed by atoms with Gasteiger partial charge in [0.15, 0.2) is 5.76 Å². The predicted octanol–water partition coefficient (Wildman–Crippen LogP) is 1.40. The van der Waals surface area contributed by atoms with Crippen LogP contribution in [0.2, 0.25) is 0 Å². The van der Waals surface area contributed by atoms with E-state index in [1.807, 2.05) is 13.8 Å². The van der Waals surface area contributed by atoms with Gasteiger partial charge in [-0.3, -0.25) is 9.59 Å². The van der Waals surface area contributed by atoms with Crippen LogP contribution in [0.25, 0.3) is 0 Å². The Balaban J connectivity index is 2.91. The zero-order chi connectivity index (χ0) is 16.8. The molecule has 22 heavy (non-hydrogen) atoms. The third-order valence-corrected chi connectivity index (χ3v) is 4.32. The fourth-order valence-electron chi connectivity index (χ4n) is 2.71. The number of allylic oxidation sites excluding steroid dienone is 1. The monoisotopic (exact) mass is 312 g/mol. The first-order chi connectivity index (χ1) is 10.4. The molecule has 1 rings (SSSR count). The van der Waals surface area contributed by atoms with Gasteiger partial charge in [-0.05, 0) is 31.8 Å². The number of nitrogens with one attached hydrogen (secondary N) is 2. The molecule has 1 atom stereocenters. The van der Waals surface area contributed by atoms with E-state index < -0.39 is 11.4 Å². The Morgan fingerprint density at radius 3 is 2.27 bits per heavy atom. The molecule has 0 aromatic heterocycles. The molecule has 4 N–H and O–H groups in total. The van der Waals surface area contributed by atoms with Crippen molar-refractivity contribution in [2.24, 2.45) is 5.92 Å². The van der Waals surface area contributed by atoms with Gasteiger partial charge in [-0.15, -0.1) is 0 Å². The summed E-state index contributed by atoms with van der Waals surface area (Å²) in [4.78, 5) is 24.7. The van der Waals surface area contributed by atoms with Gasteiger partial charge < -0.3 is 20.8 Å². The Hall–Kier alpha value is -1.56. The molecule has 1 saturated carbocycles. The second kappa shape index (κ2) is 8.17. The van der Waals surface area contributed by atoms with Gasteiger partial charge in [0, 0.05) is 0 Å². The molecule has 0 aromatic rings. The van der Waals surface area contributed by atoms with E-state index in [-0.39, 0.29) is 30.2 Å². The minimum absolute atomic E-state index is 0.0919. The Kier molecular flexibility index (Phi) is 6.87. The summed E-state index contributed by atoms with van der Waals surface area (Å²) >= 11 is 0. The van der Waals surface area contributed by atoms with Crippen LogP contribution >= 0.6 is 0 Å². The minimum atomic E-state index is -1.01. The zero-order valence-corrected chi connectivity index (χ0v) is 13.7. The molecule has 1 fully saturated rings. The molecule has 1 aliphatic carbocycles. The highest BCUT2D eigenvalue weighted by molar-refractivity contribution is 5.97. The van der Waals surface area contributed by atoms with Crippen molar-refractivity contribution >= 4 is 11.8 Å². The van der Waals surface area contributed by atoms with Gasteiger partial charge >= 0.3 is 0 Å². The van der Waals surface area contributed by atoms with Crippen molar-refractivity contribution in [3.05, 3.63) is 11.8 Å². The van der Waals surface area contributed by atoms with E-state index in [4.69, 9.17) is 0 Å². The zero-order valence-electron chi connectivity index (χ0n) is 13.7. The summed E-state index contributed by atoms with van der Waals surface area (Å²) in [5.74, 6) is -1.21. The molecule has 0 spiro atoms. The normalized spacial score (nSPS) is 19.6. The second-order valence-electron chi connectivity index (χ2n) is 6.28. The maximum atomic E-state index is 12.7. The number of carbonyl (C=O) groups is 2. The van der Waals surface area contributed by atoms with Gasteiger partial charge in [-0.25, -0.2) is 0 Å². The fraction of sp³-hybridized carbons (Fsp3) is 0.750. The van der Waals surface area contributed by atoms with Crippen LogP contribution in [-0.4, -0.2) is 40.2 Å². The molecule has 0 unspecified atom stereocenters. The average Bonchev–Trinajstić information content (AvgIpc) is 2.51. The summed E-state index contributed by atoms with van der Waals surface area (Å²) < 4.78 is 0. The number of aliphatic hydroxyl groups excluding tert-OH is 2. The maximum absolute atomic E-state index is 12.7. The quantitative estimate of drug-likeness (QED) is 0.440. The van der Waals surface area contributed by atoms with Crippen molar-refractivity contribution in [3.8, 4) is 0 Å². The minimum Gasteiger partial charge on any atom is -0.503 e. The molecule has 0 radical (unpaired) electrons. The van der Waals surface area contributed by atoms with E-state index in [0.717, 1.165) is 19.3 Å². The van der Waals surface area contributed by atoms with Crippen molar-refractivity contribution in [1.82, 2.24) is 10.6 Å². The van der Waals surface area contributed by atoms with E-state index >= 15 is 0 Å². The third-order valence-electron chi connectivity index (χ3n) is 4.32. The van der Waals surface area contributed by atoms with E-state index in [1.165, 1.54) is 6.08 Å². The Bertz CT molecular complexity index is 426. The molecule has 126 valence electrons. The smallest absolute Gasteiger partial charge is 0.286 e. The van der Waals surface area contributed by atoms with Crippen LogP contribution in [0.3, 0.4) is 0 Å². The largest absolute Gasteiger partial charge is 0.503 e. The Labute approximate surface area is 132 Å². The van der Waals surface area contributed by atoms with Gasteiger partial charge in [0.25, 0.3) is 5.91 Å². The van der Waals surface area contributed by atoms with Gasteiger partial charge in [-0.2, -0.15) is 0 Å². The first-order valence-electron chi connectivity index (χ1n) is 7.96. The number of hydrogen-bond acceptors (Lipinski definition) is 4. The molecule has 0 aromatic carbocycles. The molecule has 6 nitrogen and oxygen atoms in total. The standard InChI is InChI=1S/C16H28N2O4/c1-4-13(20)14(21)18-16(8-6-5-7-9-16)15(22)17-12(10-19)11(2)3/h4,11-12,19-20H,5-10H2,1-3H3,(H,17,22)(H,18,21)/b13-4-/t12-/m1/s1. The van der Waals surface area contributed by atoms with E-state index in [1.54, 1.807) is 6.92 Å². The summed E-state index contributed by atoms with van der Waals surface area (Å²) in [7, 11) is 0. The second-order valence-corrected chi connectivity index (χ2v) is 6.28. The molecule has 0 aliphatic heterocycles. The lowest BCUT2D eigenvalue weighted by molar-refractivity contribution is -0.135. The Morgan fingerprint density at radius 2 is 1.82 bits per heavy atom. The van der Waals surface area contributed by atoms with E-state index in [9.17, 15) is 19.8 Å².